The molecule has 2 aliphatic rings. The fourth-order valence-electron chi connectivity index (χ4n) is 2.80. The molecule has 0 aromatic carbocycles. The molecule has 0 bridgehead atoms. The van der Waals surface area contributed by atoms with E-state index < -0.39 is 0 Å². The third-order valence-corrected chi connectivity index (χ3v) is 3.87. The summed E-state index contributed by atoms with van der Waals surface area (Å²) in [5, 5.41) is 0. The molecule has 1 atom stereocenters. The topological polar surface area (TPSA) is 62.9 Å². The predicted octanol–water partition coefficient (Wildman–Crippen LogP) is 1.25. The van der Waals surface area contributed by atoms with Crippen LogP contribution in [0.1, 0.15) is 44.9 Å². The minimum Gasteiger partial charge on any atom is -0.376 e. The number of rotatable bonds is 3. The lowest BCUT2D eigenvalue weighted by Crippen LogP contribution is -2.47. The number of nitrogens with two attached hydrogens (primary N) is 1. The first-order valence-corrected chi connectivity index (χ1v) is 7.16. The Hall–Kier alpha value is -0.810. The molecular weight excluding hydrogens is 228 g/mol. The van der Waals surface area contributed by atoms with Gasteiger partial charge in [-0.3, -0.25) is 5.43 Å². The summed E-state index contributed by atoms with van der Waals surface area (Å²) in [5.74, 6) is 6.40. The van der Waals surface area contributed by atoms with Crippen LogP contribution in [0.5, 0.6) is 0 Å². The van der Waals surface area contributed by atoms with E-state index >= 15 is 0 Å². The van der Waals surface area contributed by atoms with E-state index in [1.165, 1.54) is 38.5 Å². The normalized spacial score (nSPS) is 26.3. The third-order valence-electron chi connectivity index (χ3n) is 3.87. The third kappa shape index (κ3) is 3.85. The van der Waals surface area contributed by atoms with Crippen LogP contribution in [0.2, 0.25) is 0 Å². The molecule has 1 saturated heterocycles. The van der Waals surface area contributed by atoms with Crippen molar-refractivity contribution in [2.45, 2.75) is 57.1 Å². The van der Waals surface area contributed by atoms with Crippen molar-refractivity contribution in [3.63, 3.8) is 0 Å². The lowest BCUT2D eigenvalue weighted by atomic mass is 10.1. The summed E-state index contributed by atoms with van der Waals surface area (Å²) in [6.07, 6.45) is 8.90. The molecule has 0 aromatic heterocycles. The van der Waals surface area contributed by atoms with Gasteiger partial charge < -0.3 is 9.64 Å². The average molecular weight is 254 g/mol. The average Bonchev–Trinajstić information content (AvgIpc) is 2.90. The van der Waals surface area contributed by atoms with Crippen molar-refractivity contribution >= 4 is 5.96 Å². The highest BCUT2D eigenvalue weighted by molar-refractivity contribution is 5.79. The second kappa shape index (κ2) is 6.95. The number of nitrogens with zero attached hydrogens (tertiary/aromatic N) is 2. The van der Waals surface area contributed by atoms with Crippen molar-refractivity contribution in [3.8, 4) is 0 Å². The molecule has 0 aromatic rings. The van der Waals surface area contributed by atoms with Crippen molar-refractivity contribution < 1.29 is 4.74 Å². The largest absolute Gasteiger partial charge is 0.376 e. The van der Waals surface area contributed by atoms with Gasteiger partial charge in [-0.1, -0.05) is 12.8 Å². The van der Waals surface area contributed by atoms with Crippen LogP contribution in [0.4, 0.5) is 0 Å². The summed E-state index contributed by atoms with van der Waals surface area (Å²) < 4.78 is 5.75. The fourth-order valence-corrected chi connectivity index (χ4v) is 2.80. The molecule has 0 radical (unpaired) electrons. The molecular formula is C13H26N4O. The predicted molar refractivity (Wildman–Crippen MR) is 73.2 cm³/mol. The highest BCUT2D eigenvalue weighted by Gasteiger charge is 2.19. The fraction of sp³-hybridized carbons (Fsp3) is 0.923. The lowest BCUT2D eigenvalue weighted by Gasteiger charge is -2.29. The smallest absolute Gasteiger partial charge is 0.208 e. The van der Waals surface area contributed by atoms with Crippen LogP contribution >= 0.6 is 0 Å². The zero-order chi connectivity index (χ0) is 12.8. The van der Waals surface area contributed by atoms with Crippen LogP contribution in [0, 0.1) is 0 Å². The Kier molecular flexibility index (Phi) is 5.26. The van der Waals surface area contributed by atoms with Crippen LogP contribution in [-0.2, 0) is 4.74 Å². The van der Waals surface area contributed by atoms with Crippen LogP contribution in [0.15, 0.2) is 4.99 Å². The van der Waals surface area contributed by atoms with Crippen molar-refractivity contribution in [3.05, 3.63) is 0 Å². The van der Waals surface area contributed by atoms with E-state index in [4.69, 9.17) is 15.6 Å². The van der Waals surface area contributed by atoms with Crippen LogP contribution in [-0.4, -0.2) is 43.2 Å². The highest BCUT2D eigenvalue weighted by atomic mass is 16.5. The maximum absolute atomic E-state index is 5.75. The lowest BCUT2D eigenvalue weighted by molar-refractivity contribution is 0.00673. The second-order valence-corrected chi connectivity index (χ2v) is 5.40. The van der Waals surface area contributed by atoms with Gasteiger partial charge in [0.25, 0.3) is 0 Å². The van der Waals surface area contributed by atoms with Gasteiger partial charge in [-0.15, -0.1) is 0 Å². The van der Waals surface area contributed by atoms with E-state index in [2.05, 4.69) is 10.3 Å². The molecule has 1 aliphatic heterocycles. The first-order valence-electron chi connectivity index (χ1n) is 7.16. The Labute approximate surface area is 110 Å². The molecule has 104 valence electrons. The van der Waals surface area contributed by atoms with Crippen LogP contribution < -0.4 is 11.3 Å². The van der Waals surface area contributed by atoms with Gasteiger partial charge in [-0.05, 0) is 32.1 Å². The number of hydrogen-bond acceptors (Lipinski definition) is 3. The molecule has 5 heteroatoms. The van der Waals surface area contributed by atoms with Gasteiger partial charge in [0.05, 0.1) is 12.1 Å². The molecule has 1 saturated carbocycles. The van der Waals surface area contributed by atoms with E-state index in [0.29, 0.717) is 12.1 Å². The molecule has 0 spiro atoms. The summed E-state index contributed by atoms with van der Waals surface area (Å²) in [7, 11) is 2.03. The maximum atomic E-state index is 5.75. The Morgan fingerprint density at radius 3 is 2.61 bits per heavy atom. The first-order chi connectivity index (χ1) is 8.79. The monoisotopic (exact) mass is 254 g/mol. The maximum Gasteiger partial charge on any atom is 0.208 e. The van der Waals surface area contributed by atoms with Crippen molar-refractivity contribution in [1.82, 2.24) is 10.3 Å². The Bertz CT molecular complexity index is 270. The minimum atomic E-state index is 0.325. The van der Waals surface area contributed by atoms with E-state index in [1.807, 2.05) is 7.05 Å². The molecule has 5 nitrogen and oxygen atoms in total. The Morgan fingerprint density at radius 2 is 2.00 bits per heavy atom. The number of likely N-dealkylation sites (N-methyl/N-ethyl adjacent to an activating group) is 1. The molecule has 0 amide bonds. The van der Waals surface area contributed by atoms with Gasteiger partial charge in [0.15, 0.2) is 0 Å². The van der Waals surface area contributed by atoms with E-state index in [-0.39, 0.29) is 0 Å². The SMILES string of the molecule is CN(CC1CCCCO1)C(=NC1CCCC1)NN. The number of guanidine groups is 1. The van der Waals surface area contributed by atoms with E-state index in [1.54, 1.807) is 0 Å². The van der Waals surface area contributed by atoms with Gasteiger partial charge in [0.1, 0.15) is 0 Å². The summed E-state index contributed by atoms with van der Waals surface area (Å²) in [6.45, 7) is 1.76. The summed E-state index contributed by atoms with van der Waals surface area (Å²) in [4.78, 5) is 6.80. The second-order valence-electron chi connectivity index (χ2n) is 5.40. The molecule has 18 heavy (non-hydrogen) atoms. The van der Waals surface area contributed by atoms with Gasteiger partial charge in [-0.25, -0.2) is 10.8 Å². The Morgan fingerprint density at radius 1 is 1.28 bits per heavy atom. The van der Waals surface area contributed by atoms with E-state index in [9.17, 15) is 0 Å². The standard InChI is InChI=1S/C13H26N4O/c1-17(10-12-8-4-5-9-18-12)13(16-14)15-11-6-2-3-7-11/h11-12H,2-10,14H2,1H3,(H,15,16). The van der Waals surface area contributed by atoms with Gasteiger partial charge in [0.2, 0.25) is 5.96 Å². The molecule has 1 unspecified atom stereocenters. The minimum absolute atomic E-state index is 0.325. The Balaban J connectivity index is 1.85. The van der Waals surface area contributed by atoms with Crippen molar-refractivity contribution in [2.75, 3.05) is 20.2 Å². The van der Waals surface area contributed by atoms with Gasteiger partial charge in [-0.2, -0.15) is 0 Å². The summed E-state index contributed by atoms with van der Waals surface area (Å²) in [5.41, 5.74) is 2.74. The number of nitrogens with one attached hydrogen (secondary N) is 1. The molecule has 2 rings (SSSR count). The zero-order valence-corrected chi connectivity index (χ0v) is 11.4. The van der Waals surface area contributed by atoms with Crippen LogP contribution in [0.25, 0.3) is 0 Å². The number of ether oxygens (including phenoxy) is 1. The molecule has 1 heterocycles. The quantitative estimate of drug-likeness (QED) is 0.344. The van der Waals surface area contributed by atoms with Crippen LogP contribution in [0.3, 0.4) is 0 Å². The highest BCUT2D eigenvalue weighted by Crippen LogP contribution is 2.21. The molecule has 2 fully saturated rings. The van der Waals surface area contributed by atoms with Crippen molar-refractivity contribution in [1.29, 1.82) is 0 Å². The number of hydrazine groups is 1. The first kappa shape index (κ1) is 13.6. The van der Waals surface area contributed by atoms with Crippen molar-refractivity contribution in [2.24, 2.45) is 10.8 Å². The van der Waals surface area contributed by atoms with Gasteiger partial charge >= 0.3 is 0 Å². The van der Waals surface area contributed by atoms with E-state index in [0.717, 1.165) is 25.5 Å². The summed E-state index contributed by atoms with van der Waals surface area (Å²) >= 11 is 0. The molecule has 3 N–H and O–H groups in total. The number of aliphatic imine (C=N–C) groups is 1. The van der Waals surface area contributed by atoms with Gasteiger partial charge in [0, 0.05) is 20.2 Å². The summed E-state index contributed by atoms with van der Waals surface area (Å²) in [6, 6.07) is 0.450. The zero-order valence-electron chi connectivity index (χ0n) is 11.4. The molecule has 1 aliphatic carbocycles. The number of hydrogen-bond donors (Lipinski definition) is 2.